The number of rotatable bonds is 49. The van der Waals surface area contributed by atoms with Crippen LogP contribution in [0.5, 0.6) is 0 Å². The van der Waals surface area contributed by atoms with Crippen molar-refractivity contribution in [1.82, 2.24) is 42.5 Å². The Balaban J connectivity index is 0.0000120. The minimum absolute atomic E-state index is 0.0202. The van der Waals surface area contributed by atoms with Crippen LogP contribution in [0.25, 0.3) is 0 Å². The highest BCUT2D eigenvalue weighted by Crippen LogP contribution is 2.26. The normalized spacial score (nSPS) is 26.4. The Morgan fingerprint density at radius 2 is 0.781 bits per heavy atom. The largest absolute Gasteiger partial charge is 0.394 e. The highest BCUT2D eigenvalue weighted by molar-refractivity contribution is 5.92. The number of aliphatic hydroxyl groups is 9. The molecule has 3 aliphatic heterocycles. The molecule has 0 aromatic rings. The summed E-state index contributed by atoms with van der Waals surface area (Å²) in [6, 6.07) is -4.41. The molecule has 17 unspecified atom stereocenters. The van der Waals surface area contributed by atoms with Gasteiger partial charge in [0.1, 0.15) is 73.1 Å². The Kier molecular flexibility index (Phi) is 42.8. The average molecular weight is 1390 g/mol. The van der Waals surface area contributed by atoms with E-state index in [-0.39, 0.29) is 114 Å². The Labute approximate surface area is 568 Å². The molecule has 32 nitrogen and oxygen atoms in total. The summed E-state index contributed by atoms with van der Waals surface area (Å²) in [5, 5.41) is 113. The van der Waals surface area contributed by atoms with Gasteiger partial charge in [0, 0.05) is 109 Å². The third kappa shape index (κ3) is 33.1. The molecule has 558 valence electrons. The molecule has 0 saturated carbocycles. The molecular formula is C64H118N8O24. The number of amides is 8. The van der Waals surface area contributed by atoms with E-state index in [1.54, 1.807) is 0 Å². The quantitative estimate of drug-likeness (QED) is 0.0290. The maximum absolute atomic E-state index is 14.4. The predicted molar refractivity (Wildman–Crippen MR) is 347 cm³/mol. The molecule has 96 heavy (non-hydrogen) atoms. The van der Waals surface area contributed by atoms with Gasteiger partial charge in [-0.05, 0) is 89.9 Å². The second kappa shape index (κ2) is 49.4. The number of unbranched alkanes of at least 4 members (excludes halogenated alkanes) is 9. The van der Waals surface area contributed by atoms with Crippen LogP contribution in [0, 0.1) is 5.92 Å². The van der Waals surface area contributed by atoms with Crippen molar-refractivity contribution < 1.29 is 122 Å². The zero-order valence-corrected chi connectivity index (χ0v) is 56.8. The fourth-order valence-corrected chi connectivity index (χ4v) is 11.1. The van der Waals surface area contributed by atoms with E-state index in [4.69, 9.17) is 32.8 Å². The van der Waals surface area contributed by atoms with Gasteiger partial charge in [0.05, 0.1) is 25.9 Å². The Morgan fingerprint density at radius 1 is 0.448 bits per heavy atom. The highest BCUT2D eigenvalue weighted by Gasteiger charge is 2.48. The predicted octanol–water partition coefficient (Wildman–Crippen LogP) is -2.12. The Hall–Kier alpha value is -5.17. The number of hydrogen-bond acceptors (Lipinski definition) is 24. The third-order valence-corrected chi connectivity index (χ3v) is 16.6. The van der Waals surface area contributed by atoms with Crippen LogP contribution in [0.1, 0.15) is 187 Å². The maximum atomic E-state index is 14.4. The van der Waals surface area contributed by atoms with Gasteiger partial charge in [0.2, 0.25) is 47.3 Å². The zero-order valence-electron chi connectivity index (χ0n) is 59.8. The summed E-state index contributed by atoms with van der Waals surface area (Å²) in [7, 11) is 1.25. The summed E-state index contributed by atoms with van der Waals surface area (Å²) in [6.45, 7) is 5.40. The lowest BCUT2D eigenvalue weighted by Gasteiger charge is -2.42. The van der Waals surface area contributed by atoms with Crippen molar-refractivity contribution in [3.63, 3.8) is 0 Å². The van der Waals surface area contributed by atoms with Gasteiger partial charge in [-0.3, -0.25) is 43.2 Å². The third-order valence-electron chi connectivity index (χ3n) is 16.6. The first kappa shape index (κ1) is 83.3. The standard InChI is InChI=1S/C63H112N8O24.CH4.H2/c1-5-6-14-27-64-47(79)23-8-7-15-30-67-60(89)41(21-9-16-28-65-48(80)24-11-18-31-90-61-51(68-38(2)75)57(86)54(83)44(35-72)93-61)34-43(78)42(71-50(82)26-13-20-33-92-63-53(70-40(4)77)59(88)56(85)46(37-74)95-63)22-10-17-29-66-49(81)25-12-19-32-91-62-52(69-39(3)76)58(87)55(84)45(36-73)94-62;;/h41-42,44-46,51-59,61-63,72-74,83-88H,5-37H2,1-4H3,(H,64,79)(H,65,80)(H,66,81)(H,67,89)(H,68,75)(H,69,76)(H,70,77)(H,71,82);1H4;1H/i;1T;1+2T. The summed E-state index contributed by atoms with van der Waals surface area (Å²) in [6.07, 6.45) is -6.74. The van der Waals surface area contributed by atoms with E-state index in [9.17, 15) is 89.1 Å². The molecule has 3 saturated heterocycles. The van der Waals surface area contributed by atoms with Crippen molar-refractivity contribution in [3.05, 3.63) is 0 Å². The van der Waals surface area contributed by atoms with Crippen molar-refractivity contribution in [1.29, 1.82) is 0 Å². The molecule has 3 fully saturated rings. The zero-order chi connectivity index (χ0) is 74.2. The van der Waals surface area contributed by atoms with Gasteiger partial charge in [0.25, 0.3) is 0 Å². The van der Waals surface area contributed by atoms with Crippen LogP contribution in [0.15, 0.2) is 0 Å². The molecule has 0 aromatic carbocycles. The van der Waals surface area contributed by atoms with Gasteiger partial charge in [-0.2, -0.15) is 0 Å². The smallest absolute Gasteiger partial charge is 0.223 e. The number of hydrogen-bond donors (Lipinski definition) is 17. The maximum Gasteiger partial charge on any atom is 0.223 e. The van der Waals surface area contributed by atoms with Crippen LogP contribution in [0.2, 0.25) is 0 Å². The van der Waals surface area contributed by atoms with Crippen LogP contribution < -0.4 is 42.5 Å². The van der Waals surface area contributed by atoms with E-state index in [0.717, 1.165) is 19.3 Å². The molecule has 0 aromatic heterocycles. The van der Waals surface area contributed by atoms with Crippen LogP contribution in [-0.2, 0) is 71.6 Å². The number of carbonyl (C=O) groups is 9. The first-order valence-electron chi connectivity index (χ1n) is 35.9. The molecule has 3 rings (SSSR count). The average Bonchev–Trinajstić information content (AvgIpc) is 0.829. The summed E-state index contributed by atoms with van der Waals surface area (Å²) in [5.74, 6) is -4.17. The van der Waals surface area contributed by atoms with E-state index < -0.39 is 153 Å². The lowest BCUT2D eigenvalue weighted by atomic mass is 9.91. The topological polar surface area (TPSA) is 487 Å². The van der Waals surface area contributed by atoms with Crippen LogP contribution in [0.4, 0.5) is 0 Å². The number of aliphatic hydroxyl groups excluding tert-OH is 9. The van der Waals surface area contributed by atoms with Gasteiger partial charge in [-0.25, -0.2) is 0 Å². The molecule has 17 atom stereocenters. The first-order chi connectivity index (χ1) is 47.5. The van der Waals surface area contributed by atoms with E-state index >= 15 is 0 Å². The van der Waals surface area contributed by atoms with E-state index in [0.29, 0.717) is 83.6 Å². The minimum atomic E-state index is -1.52. The summed E-state index contributed by atoms with van der Waals surface area (Å²) in [4.78, 5) is 116. The molecule has 17 N–H and O–H groups in total. The SMILES string of the molecule is CCCCCNC(=O)CCCCCNC(=O)C(CCCCNC(=O)CCCCOC1OC(CO)C(O)C(O)C1NC(C)=O)CC(=O)C(CCCCNC(=O)CCCCOC1OC(CO)C(O)C(O)C1NC(C)=O)NC(=O)CCCCOC1OC(CO)C(O)C(O)C1NC(C)=O.[3H]C.[3H][3H]. The second-order valence-electron chi connectivity index (χ2n) is 24.6. The van der Waals surface area contributed by atoms with Crippen molar-refractivity contribution in [3.8, 4) is 0 Å². The summed E-state index contributed by atoms with van der Waals surface area (Å²) < 4.78 is 49.8. The lowest BCUT2D eigenvalue weighted by Crippen LogP contribution is -2.64. The Bertz CT molecular complexity index is 2300. The van der Waals surface area contributed by atoms with Gasteiger partial charge in [0.15, 0.2) is 24.7 Å². The first-order valence-corrected chi connectivity index (χ1v) is 33.9. The molecule has 8 amide bonds. The van der Waals surface area contributed by atoms with Crippen LogP contribution >= 0.6 is 0 Å². The fraction of sp³-hybridized carbons (Fsp3) is 0.859. The van der Waals surface area contributed by atoms with Crippen LogP contribution in [-0.4, -0.2) is 263 Å². The lowest BCUT2D eigenvalue weighted by molar-refractivity contribution is -0.270. The molecule has 3 heterocycles. The van der Waals surface area contributed by atoms with Crippen molar-refractivity contribution >= 4 is 53.0 Å². The van der Waals surface area contributed by atoms with Gasteiger partial charge < -0.3 is 117 Å². The number of nitrogens with one attached hydrogen (secondary N) is 8. The second-order valence-corrected chi connectivity index (χ2v) is 24.6. The molecule has 0 spiro atoms. The molecule has 0 aliphatic carbocycles. The number of carbonyl (C=O) groups excluding carboxylic acids is 9. The van der Waals surface area contributed by atoms with Crippen molar-refractivity contribution in [2.75, 3.05) is 65.8 Å². The monoisotopic (exact) mass is 1390 g/mol. The van der Waals surface area contributed by atoms with Gasteiger partial charge >= 0.3 is 0 Å². The fourth-order valence-electron chi connectivity index (χ4n) is 11.1. The Morgan fingerprint density at radius 3 is 1.15 bits per heavy atom. The molecular weight excluding hydrogens is 1260 g/mol. The van der Waals surface area contributed by atoms with Crippen molar-refractivity contribution in [2.45, 2.75) is 281 Å². The van der Waals surface area contributed by atoms with Gasteiger partial charge in [-0.15, -0.1) is 0 Å². The van der Waals surface area contributed by atoms with E-state index in [1.807, 2.05) is 0 Å². The number of ketones is 1. The van der Waals surface area contributed by atoms with E-state index in [1.165, 1.54) is 28.2 Å². The number of Topliss-reactive ketones (excluding diaryl/α,β-unsaturated/α-hetero) is 1. The number of ether oxygens (including phenoxy) is 6. The van der Waals surface area contributed by atoms with Gasteiger partial charge in [-0.1, -0.05) is 40.0 Å². The minimum Gasteiger partial charge on any atom is -0.394 e. The summed E-state index contributed by atoms with van der Waals surface area (Å²) >= 11 is 0. The van der Waals surface area contributed by atoms with Crippen molar-refractivity contribution in [2.24, 2.45) is 5.92 Å². The van der Waals surface area contributed by atoms with Crippen LogP contribution in [0.3, 0.4) is 0 Å². The molecule has 3 aliphatic rings. The summed E-state index contributed by atoms with van der Waals surface area (Å²) in [5.41, 5.74) is 0. The highest BCUT2D eigenvalue weighted by atomic mass is 16.7. The molecule has 0 bridgehead atoms. The molecule has 0 radical (unpaired) electrons. The van der Waals surface area contributed by atoms with E-state index in [2.05, 4.69) is 49.5 Å². The molecule has 32 heteroatoms.